The zero-order chi connectivity index (χ0) is 22.7. The number of anilines is 1. The van der Waals surface area contributed by atoms with Crippen LogP contribution in [0.15, 0.2) is 42.5 Å². The SMILES string of the molecule is O=C1CCN(CC(O)COc2cccc(F)c2)c2ccc(OC(F)F)cc2CN1C1CC1. The number of hydrogen-bond acceptors (Lipinski definition) is 5. The molecule has 1 fully saturated rings. The molecule has 1 aliphatic heterocycles. The zero-order valence-corrected chi connectivity index (χ0v) is 17.4. The number of β-amino-alcohol motifs (C(OH)–C–C–N with tert-alkyl or cyclic N) is 1. The van der Waals surface area contributed by atoms with Gasteiger partial charge in [0.05, 0.1) is 0 Å². The number of fused-ring (bicyclic) bond motifs is 1. The predicted octanol–water partition coefficient (Wildman–Crippen LogP) is 3.57. The molecular formula is C23H25F3N2O4. The van der Waals surface area contributed by atoms with E-state index in [2.05, 4.69) is 4.74 Å². The van der Waals surface area contributed by atoms with E-state index in [-0.39, 0.29) is 37.3 Å². The summed E-state index contributed by atoms with van der Waals surface area (Å²) in [5, 5.41) is 10.5. The van der Waals surface area contributed by atoms with E-state index in [1.165, 1.54) is 30.3 Å². The van der Waals surface area contributed by atoms with Crippen molar-refractivity contribution >= 4 is 11.6 Å². The molecule has 2 aromatic rings. The molecule has 0 bridgehead atoms. The lowest BCUT2D eigenvalue weighted by molar-refractivity contribution is -0.132. The molecule has 1 N–H and O–H groups in total. The molecule has 9 heteroatoms. The minimum atomic E-state index is -2.94. The van der Waals surface area contributed by atoms with E-state index in [0.29, 0.717) is 24.4 Å². The number of nitrogens with zero attached hydrogens (tertiary/aromatic N) is 2. The van der Waals surface area contributed by atoms with Gasteiger partial charge in [0.1, 0.15) is 30.0 Å². The van der Waals surface area contributed by atoms with E-state index in [4.69, 9.17) is 4.74 Å². The second-order valence-corrected chi connectivity index (χ2v) is 8.04. The topological polar surface area (TPSA) is 62.2 Å². The van der Waals surface area contributed by atoms with Crippen LogP contribution in [0, 0.1) is 5.82 Å². The average molecular weight is 450 g/mol. The summed E-state index contributed by atoms with van der Waals surface area (Å²) < 4.78 is 48.8. The highest BCUT2D eigenvalue weighted by atomic mass is 19.3. The quantitative estimate of drug-likeness (QED) is 0.667. The van der Waals surface area contributed by atoms with Gasteiger partial charge in [-0.15, -0.1) is 0 Å². The number of amides is 1. The predicted molar refractivity (Wildman–Crippen MR) is 111 cm³/mol. The molecule has 0 aromatic heterocycles. The van der Waals surface area contributed by atoms with Crippen molar-refractivity contribution in [1.82, 2.24) is 4.90 Å². The fraction of sp³-hybridized carbons (Fsp3) is 0.435. The lowest BCUT2D eigenvalue weighted by Crippen LogP contribution is -2.42. The Morgan fingerprint density at radius 1 is 1.12 bits per heavy atom. The number of ether oxygens (including phenoxy) is 2. The molecule has 0 spiro atoms. The molecule has 0 radical (unpaired) electrons. The second-order valence-electron chi connectivity index (χ2n) is 8.04. The van der Waals surface area contributed by atoms with Gasteiger partial charge in [-0.05, 0) is 48.7 Å². The van der Waals surface area contributed by atoms with Gasteiger partial charge in [-0.25, -0.2) is 4.39 Å². The fourth-order valence-corrected chi connectivity index (χ4v) is 3.90. The molecule has 1 heterocycles. The molecule has 1 saturated carbocycles. The van der Waals surface area contributed by atoms with Crippen molar-refractivity contribution in [1.29, 1.82) is 0 Å². The third kappa shape index (κ3) is 5.64. The first kappa shape index (κ1) is 22.3. The van der Waals surface area contributed by atoms with Gasteiger partial charge in [0.2, 0.25) is 5.91 Å². The molecule has 32 heavy (non-hydrogen) atoms. The Labute approximate surface area is 184 Å². The summed E-state index contributed by atoms with van der Waals surface area (Å²) in [5.41, 5.74) is 1.43. The summed E-state index contributed by atoms with van der Waals surface area (Å²) in [6.45, 7) is -2.19. The van der Waals surface area contributed by atoms with Crippen LogP contribution >= 0.6 is 0 Å². The number of rotatable bonds is 8. The Morgan fingerprint density at radius 2 is 1.94 bits per heavy atom. The first-order chi connectivity index (χ1) is 15.4. The Bertz CT molecular complexity index is 955. The molecule has 2 aromatic carbocycles. The Morgan fingerprint density at radius 3 is 2.66 bits per heavy atom. The van der Waals surface area contributed by atoms with E-state index in [1.807, 2.05) is 4.90 Å². The molecule has 172 valence electrons. The molecule has 6 nitrogen and oxygen atoms in total. The molecule has 2 aliphatic rings. The van der Waals surface area contributed by atoms with Crippen molar-refractivity contribution in [3.05, 3.63) is 53.8 Å². The Balaban J connectivity index is 1.50. The summed E-state index contributed by atoms with van der Waals surface area (Å²) >= 11 is 0. The maximum Gasteiger partial charge on any atom is 0.387 e. The zero-order valence-electron chi connectivity index (χ0n) is 17.4. The van der Waals surface area contributed by atoms with Crippen LogP contribution in [0.2, 0.25) is 0 Å². The normalized spacial score (nSPS) is 17.6. The van der Waals surface area contributed by atoms with Crippen molar-refractivity contribution in [3.8, 4) is 11.5 Å². The van der Waals surface area contributed by atoms with Crippen LogP contribution in [0.4, 0.5) is 18.9 Å². The second kappa shape index (κ2) is 9.68. The van der Waals surface area contributed by atoms with E-state index < -0.39 is 18.5 Å². The lowest BCUT2D eigenvalue weighted by Gasteiger charge is -2.34. The summed E-state index contributed by atoms with van der Waals surface area (Å²) in [6.07, 6.45) is 1.24. The highest BCUT2D eigenvalue weighted by Crippen LogP contribution is 2.35. The van der Waals surface area contributed by atoms with Crippen LogP contribution in [0.5, 0.6) is 11.5 Å². The first-order valence-corrected chi connectivity index (χ1v) is 10.6. The van der Waals surface area contributed by atoms with Crippen LogP contribution in [0.25, 0.3) is 0 Å². The number of hydrogen-bond donors (Lipinski definition) is 1. The highest BCUT2D eigenvalue weighted by molar-refractivity contribution is 5.79. The third-order valence-electron chi connectivity index (χ3n) is 5.53. The van der Waals surface area contributed by atoms with Gasteiger partial charge in [0.15, 0.2) is 0 Å². The lowest BCUT2D eigenvalue weighted by atomic mass is 10.1. The van der Waals surface area contributed by atoms with Gasteiger partial charge in [-0.3, -0.25) is 4.79 Å². The number of halogens is 3. The monoisotopic (exact) mass is 450 g/mol. The number of carbonyl (C=O) groups excluding carboxylic acids is 1. The molecular weight excluding hydrogens is 425 g/mol. The third-order valence-corrected chi connectivity index (χ3v) is 5.53. The van der Waals surface area contributed by atoms with Crippen LogP contribution in [0.3, 0.4) is 0 Å². The van der Waals surface area contributed by atoms with Crippen molar-refractivity contribution in [2.24, 2.45) is 0 Å². The van der Waals surface area contributed by atoms with Crippen molar-refractivity contribution in [2.75, 3.05) is 24.6 Å². The Kier molecular flexibility index (Phi) is 6.74. The summed E-state index contributed by atoms with van der Waals surface area (Å²) in [7, 11) is 0. The minimum Gasteiger partial charge on any atom is -0.491 e. The fourth-order valence-electron chi connectivity index (χ4n) is 3.90. The van der Waals surface area contributed by atoms with Gasteiger partial charge in [-0.1, -0.05) is 6.07 Å². The number of benzene rings is 2. The number of aliphatic hydroxyl groups is 1. The van der Waals surface area contributed by atoms with Gasteiger partial charge in [0.25, 0.3) is 0 Å². The molecule has 1 aliphatic carbocycles. The van der Waals surface area contributed by atoms with Gasteiger partial charge < -0.3 is 24.4 Å². The molecule has 0 saturated heterocycles. The van der Waals surface area contributed by atoms with Crippen molar-refractivity contribution in [2.45, 2.75) is 44.6 Å². The smallest absolute Gasteiger partial charge is 0.387 e. The summed E-state index contributed by atoms with van der Waals surface area (Å²) in [6, 6.07) is 10.5. The largest absolute Gasteiger partial charge is 0.491 e. The molecule has 4 rings (SSSR count). The first-order valence-electron chi connectivity index (χ1n) is 10.6. The highest BCUT2D eigenvalue weighted by Gasteiger charge is 2.34. The average Bonchev–Trinajstić information content (AvgIpc) is 3.57. The van der Waals surface area contributed by atoms with Crippen molar-refractivity contribution in [3.63, 3.8) is 0 Å². The van der Waals surface area contributed by atoms with Gasteiger partial charge >= 0.3 is 6.61 Å². The summed E-state index contributed by atoms with van der Waals surface area (Å²) in [5.74, 6) is -0.109. The van der Waals surface area contributed by atoms with E-state index in [9.17, 15) is 23.1 Å². The Hall–Kier alpha value is -2.94. The maximum atomic E-state index is 13.3. The van der Waals surface area contributed by atoms with Crippen LogP contribution < -0.4 is 14.4 Å². The van der Waals surface area contributed by atoms with E-state index >= 15 is 0 Å². The van der Waals surface area contributed by atoms with Crippen LogP contribution in [-0.2, 0) is 11.3 Å². The molecule has 1 unspecified atom stereocenters. The number of aliphatic hydroxyl groups excluding tert-OH is 1. The number of carbonyl (C=O) groups is 1. The van der Waals surface area contributed by atoms with E-state index in [0.717, 1.165) is 18.5 Å². The molecule has 1 atom stereocenters. The van der Waals surface area contributed by atoms with E-state index in [1.54, 1.807) is 17.0 Å². The summed E-state index contributed by atoms with van der Waals surface area (Å²) in [4.78, 5) is 16.4. The van der Waals surface area contributed by atoms with Crippen LogP contribution in [0.1, 0.15) is 24.8 Å². The standard InChI is InChI=1S/C23H25F3N2O4/c24-16-2-1-3-19(11-16)31-14-18(29)13-27-9-8-22(30)28(17-4-5-17)12-15-10-20(32-23(25)26)6-7-21(15)27/h1-3,6-7,10-11,17-18,23,29H,4-5,8-9,12-14H2. The van der Waals surface area contributed by atoms with Gasteiger partial charge in [0, 0.05) is 43.9 Å². The minimum absolute atomic E-state index is 0.00571. The maximum absolute atomic E-state index is 13.3. The van der Waals surface area contributed by atoms with Gasteiger partial charge in [-0.2, -0.15) is 8.78 Å². The van der Waals surface area contributed by atoms with Crippen LogP contribution in [-0.4, -0.2) is 54.4 Å². The van der Waals surface area contributed by atoms with Crippen molar-refractivity contribution < 1.29 is 32.5 Å². The number of alkyl halides is 2. The molecule has 1 amide bonds.